The van der Waals surface area contributed by atoms with Crippen LogP contribution >= 0.6 is 23.2 Å². The third-order valence-corrected chi connectivity index (χ3v) is 4.86. The minimum Gasteiger partial charge on any atom is -0.355 e. The zero-order valence-corrected chi connectivity index (χ0v) is 16.8. The molecular weight excluding hydrogens is 375 g/mol. The first-order chi connectivity index (χ1) is 12.1. The molecule has 2 amide bonds. The Bertz CT molecular complexity index is 713. The summed E-state index contributed by atoms with van der Waals surface area (Å²) in [4.78, 5) is 37.9. The highest BCUT2D eigenvalue weighted by Gasteiger charge is 2.43. The van der Waals surface area contributed by atoms with E-state index in [1.807, 2.05) is 26.8 Å². The Morgan fingerprint density at radius 1 is 1.23 bits per heavy atom. The Morgan fingerprint density at radius 2 is 1.92 bits per heavy atom. The first-order valence-electron chi connectivity index (χ1n) is 8.63. The van der Waals surface area contributed by atoms with Gasteiger partial charge in [0.05, 0.1) is 10.0 Å². The molecule has 1 aliphatic heterocycles. The SMILES string of the molecule is CC(C)(C)CN1CC(C(=O)NCCCc2ccc(Cl)c(Cl)c2)C(=O)C1=O. The number of ketones is 1. The van der Waals surface area contributed by atoms with Crippen molar-refractivity contribution >= 4 is 40.8 Å². The van der Waals surface area contributed by atoms with Gasteiger partial charge < -0.3 is 10.2 Å². The fourth-order valence-electron chi connectivity index (χ4n) is 2.92. The molecule has 0 bridgehead atoms. The number of Topliss-reactive ketones (excluding diaryl/α,β-unsaturated/α-hetero) is 1. The minimum absolute atomic E-state index is 0.124. The van der Waals surface area contributed by atoms with E-state index in [2.05, 4.69) is 5.32 Å². The Balaban J connectivity index is 1.81. The van der Waals surface area contributed by atoms with Crippen molar-refractivity contribution in [3.8, 4) is 0 Å². The van der Waals surface area contributed by atoms with Gasteiger partial charge in [-0.05, 0) is 36.0 Å². The largest absolute Gasteiger partial charge is 0.355 e. The van der Waals surface area contributed by atoms with Gasteiger partial charge in [0, 0.05) is 19.6 Å². The number of hydrogen-bond acceptors (Lipinski definition) is 3. The van der Waals surface area contributed by atoms with Crippen LogP contribution in [0.15, 0.2) is 18.2 Å². The van der Waals surface area contributed by atoms with E-state index in [0.29, 0.717) is 29.6 Å². The van der Waals surface area contributed by atoms with Gasteiger partial charge in [0.15, 0.2) is 0 Å². The fraction of sp³-hybridized carbons (Fsp3) is 0.526. The topological polar surface area (TPSA) is 66.5 Å². The summed E-state index contributed by atoms with van der Waals surface area (Å²) in [6.07, 6.45) is 1.43. The molecule has 1 heterocycles. The predicted octanol–water partition coefficient (Wildman–Crippen LogP) is 3.12. The van der Waals surface area contributed by atoms with E-state index in [1.54, 1.807) is 12.1 Å². The summed E-state index contributed by atoms with van der Waals surface area (Å²) in [6, 6.07) is 5.43. The van der Waals surface area contributed by atoms with Crippen molar-refractivity contribution in [2.75, 3.05) is 19.6 Å². The van der Waals surface area contributed by atoms with Gasteiger partial charge in [-0.1, -0.05) is 50.0 Å². The highest BCUT2D eigenvalue weighted by molar-refractivity contribution is 6.42. The summed E-state index contributed by atoms with van der Waals surface area (Å²) in [6.45, 7) is 7.01. The van der Waals surface area contributed by atoms with E-state index in [-0.39, 0.29) is 17.9 Å². The number of benzene rings is 1. The second-order valence-corrected chi connectivity index (χ2v) is 8.62. The van der Waals surface area contributed by atoms with E-state index in [1.165, 1.54) is 4.90 Å². The Labute approximate surface area is 164 Å². The van der Waals surface area contributed by atoms with E-state index in [4.69, 9.17) is 23.2 Å². The Morgan fingerprint density at radius 3 is 2.54 bits per heavy atom. The molecule has 0 aromatic heterocycles. The molecule has 1 unspecified atom stereocenters. The number of carbonyl (C=O) groups excluding carboxylic acids is 3. The third-order valence-electron chi connectivity index (χ3n) is 4.12. The number of amides is 2. The fourth-order valence-corrected chi connectivity index (χ4v) is 3.25. The Hall–Kier alpha value is -1.59. The van der Waals surface area contributed by atoms with Crippen LogP contribution in [0.2, 0.25) is 10.0 Å². The number of aryl methyl sites for hydroxylation is 1. The molecule has 1 aromatic carbocycles. The number of halogens is 2. The van der Waals surface area contributed by atoms with Gasteiger partial charge in [0.25, 0.3) is 5.91 Å². The first kappa shape index (κ1) is 20.7. The van der Waals surface area contributed by atoms with Crippen LogP contribution < -0.4 is 5.32 Å². The molecule has 0 spiro atoms. The maximum atomic E-state index is 12.3. The third kappa shape index (κ3) is 5.45. The van der Waals surface area contributed by atoms with E-state index in [0.717, 1.165) is 12.0 Å². The van der Waals surface area contributed by atoms with Crippen LogP contribution in [-0.4, -0.2) is 42.1 Å². The van der Waals surface area contributed by atoms with Crippen LogP contribution in [0.25, 0.3) is 0 Å². The monoisotopic (exact) mass is 398 g/mol. The molecule has 142 valence electrons. The zero-order chi connectivity index (χ0) is 19.5. The molecule has 1 aliphatic rings. The second kappa shape index (κ2) is 8.40. The van der Waals surface area contributed by atoms with Crippen LogP contribution in [0.3, 0.4) is 0 Å². The number of rotatable bonds is 6. The molecule has 0 radical (unpaired) electrons. The van der Waals surface area contributed by atoms with Gasteiger partial charge in [-0.3, -0.25) is 14.4 Å². The van der Waals surface area contributed by atoms with E-state index in [9.17, 15) is 14.4 Å². The first-order valence-corrected chi connectivity index (χ1v) is 9.39. The van der Waals surface area contributed by atoms with Crippen molar-refractivity contribution in [3.63, 3.8) is 0 Å². The minimum atomic E-state index is -0.908. The van der Waals surface area contributed by atoms with Gasteiger partial charge >= 0.3 is 0 Å². The maximum absolute atomic E-state index is 12.3. The average molecular weight is 399 g/mol. The van der Waals surface area contributed by atoms with Crippen LogP contribution in [0.5, 0.6) is 0 Å². The zero-order valence-electron chi connectivity index (χ0n) is 15.3. The van der Waals surface area contributed by atoms with Crippen LogP contribution in [-0.2, 0) is 20.8 Å². The lowest BCUT2D eigenvalue weighted by molar-refractivity contribution is -0.143. The van der Waals surface area contributed by atoms with Gasteiger partial charge in [0.1, 0.15) is 5.92 Å². The summed E-state index contributed by atoms with van der Waals surface area (Å²) in [5.74, 6) is -2.46. The molecule has 1 fully saturated rings. The summed E-state index contributed by atoms with van der Waals surface area (Å²) >= 11 is 11.9. The molecule has 1 atom stereocenters. The lowest BCUT2D eigenvalue weighted by Crippen LogP contribution is -2.36. The molecule has 5 nitrogen and oxygen atoms in total. The standard InChI is InChI=1S/C19H24Cl2N2O3/c1-19(2,3)11-23-10-13(16(24)18(23)26)17(25)22-8-4-5-12-6-7-14(20)15(21)9-12/h6-7,9,13H,4-5,8,10-11H2,1-3H3,(H,22,25). The second-order valence-electron chi connectivity index (χ2n) is 7.81. The van der Waals surface area contributed by atoms with Crippen molar-refractivity contribution in [2.45, 2.75) is 33.6 Å². The molecule has 26 heavy (non-hydrogen) atoms. The molecule has 1 N–H and O–H groups in total. The quantitative estimate of drug-likeness (QED) is 0.454. The highest BCUT2D eigenvalue weighted by Crippen LogP contribution is 2.23. The molecule has 7 heteroatoms. The predicted molar refractivity (Wildman–Crippen MR) is 102 cm³/mol. The average Bonchev–Trinajstić information content (AvgIpc) is 2.81. The van der Waals surface area contributed by atoms with E-state index >= 15 is 0 Å². The summed E-state index contributed by atoms with van der Waals surface area (Å²) in [7, 11) is 0. The van der Waals surface area contributed by atoms with Crippen molar-refractivity contribution in [1.29, 1.82) is 0 Å². The normalized spacial score (nSPS) is 17.7. The molecule has 1 saturated heterocycles. The van der Waals surface area contributed by atoms with Crippen molar-refractivity contribution in [2.24, 2.45) is 11.3 Å². The molecule has 0 aliphatic carbocycles. The number of nitrogens with one attached hydrogen (secondary N) is 1. The summed E-state index contributed by atoms with van der Waals surface area (Å²) < 4.78 is 0. The number of nitrogens with zero attached hydrogens (tertiary/aromatic N) is 1. The van der Waals surface area contributed by atoms with Crippen LogP contribution in [0, 0.1) is 11.3 Å². The van der Waals surface area contributed by atoms with Crippen LogP contribution in [0.1, 0.15) is 32.8 Å². The maximum Gasteiger partial charge on any atom is 0.290 e. The smallest absolute Gasteiger partial charge is 0.290 e. The molecule has 2 rings (SSSR count). The molecule has 0 saturated carbocycles. The van der Waals surface area contributed by atoms with Crippen molar-refractivity contribution in [3.05, 3.63) is 33.8 Å². The number of carbonyl (C=O) groups is 3. The van der Waals surface area contributed by atoms with Gasteiger partial charge in [0.2, 0.25) is 11.7 Å². The van der Waals surface area contributed by atoms with Crippen LogP contribution in [0.4, 0.5) is 0 Å². The Kier molecular flexibility index (Phi) is 6.69. The van der Waals surface area contributed by atoms with Gasteiger partial charge in [-0.2, -0.15) is 0 Å². The lowest BCUT2D eigenvalue weighted by Gasteiger charge is -2.25. The van der Waals surface area contributed by atoms with Crippen molar-refractivity contribution in [1.82, 2.24) is 10.2 Å². The lowest BCUT2D eigenvalue weighted by atomic mass is 9.96. The summed E-state index contributed by atoms with van der Waals surface area (Å²) in [5.41, 5.74) is 0.901. The molecule has 1 aromatic rings. The molecular formula is C19H24Cl2N2O3. The highest BCUT2D eigenvalue weighted by atomic mass is 35.5. The number of hydrogen-bond donors (Lipinski definition) is 1. The summed E-state index contributed by atoms with van der Waals surface area (Å²) in [5, 5.41) is 3.77. The van der Waals surface area contributed by atoms with E-state index < -0.39 is 17.6 Å². The van der Waals surface area contributed by atoms with Crippen molar-refractivity contribution < 1.29 is 14.4 Å². The van der Waals surface area contributed by atoms with Gasteiger partial charge in [-0.25, -0.2) is 0 Å². The number of likely N-dealkylation sites (tertiary alicyclic amines) is 1. The van der Waals surface area contributed by atoms with Gasteiger partial charge in [-0.15, -0.1) is 0 Å².